The highest BCUT2D eigenvalue weighted by Crippen LogP contribution is 2.26. The molecule has 8 nitrogen and oxygen atoms in total. The lowest BCUT2D eigenvalue weighted by Gasteiger charge is -2.32. The Morgan fingerprint density at radius 2 is 2.19 bits per heavy atom. The smallest absolute Gasteiger partial charge is 0.227 e. The zero-order valence-corrected chi connectivity index (χ0v) is 15.4. The highest BCUT2D eigenvalue weighted by Gasteiger charge is 2.28. The molecule has 1 amide bonds. The minimum Gasteiger partial charge on any atom is -0.342 e. The number of amides is 1. The van der Waals surface area contributed by atoms with Crippen molar-refractivity contribution in [1.29, 1.82) is 0 Å². The number of hydrogen-bond acceptors (Lipinski definition) is 5. The second kappa shape index (κ2) is 7.69. The summed E-state index contributed by atoms with van der Waals surface area (Å²) in [6, 6.07) is 5.70. The third-order valence-electron chi connectivity index (χ3n) is 5.08. The Hall–Kier alpha value is -3.03. The standard InChI is InChI=1S/C19H23N7O/c1-24-17(14-26-10-4-8-21-26)22-23-19(24)16-6-3-9-25(13-16)18(27)11-15-5-2-7-20-12-15/h2,4-5,7-8,10,12,16H,3,6,9,11,13-14H2,1H3/t16-/m0/s1. The molecule has 3 aromatic rings. The number of rotatable bonds is 5. The third-order valence-corrected chi connectivity index (χ3v) is 5.08. The van der Waals surface area contributed by atoms with Gasteiger partial charge in [0.05, 0.1) is 6.42 Å². The predicted octanol–water partition coefficient (Wildman–Crippen LogP) is 1.40. The van der Waals surface area contributed by atoms with Crippen LogP contribution in [0.4, 0.5) is 0 Å². The molecule has 0 N–H and O–H groups in total. The van der Waals surface area contributed by atoms with Gasteiger partial charge in [-0.1, -0.05) is 6.07 Å². The first-order chi connectivity index (χ1) is 13.2. The molecule has 4 rings (SSSR count). The SMILES string of the molecule is Cn1c(Cn2cccn2)nnc1[C@H]1CCCN(C(=O)Cc2cccnc2)C1. The van der Waals surface area contributed by atoms with Crippen LogP contribution in [0.15, 0.2) is 43.0 Å². The maximum atomic E-state index is 12.7. The molecule has 0 saturated carbocycles. The summed E-state index contributed by atoms with van der Waals surface area (Å²) < 4.78 is 3.87. The second-order valence-corrected chi connectivity index (χ2v) is 6.95. The van der Waals surface area contributed by atoms with E-state index >= 15 is 0 Å². The minimum atomic E-state index is 0.145. The number of hydrogen-bond donors (Lipinski definition) is 0. The molecule has 0 spiro atoms. The Bertz CT molecular complexity index is 888. The van der Waals surface area contributed by atoms with Gasteiger partial charge in [-0.2, -0.15) is 5.10 Å². The van der Waals surface area contributed by atoms with Crippen molar-refractivity contribution in [2.45, 2.75) is 31.7 Å². The van der Waals surface area contributed by atoms with Crippen LogP contribution in [-0.4, -0.2) is 53.4 Å². The molecule has 1 saturated heterocycles. The number of carbonyl (C=O) groups excluding carboxylic acids is 1. The van der Waals surface area contributed by atoms with Crippen LogP contribution in [0.25, 0.3) is 0 Å². The fourth-order valence-electron chi connectivity index (χ4n) is 3.61. The van der Waals surface area contributed by atoms with E-state index in [-0.39, 0.29) is 11.8 Å². The number of pyridine rings is 1. The monoisotopic (exact) mass is 365 g/mol. The first kappa shape index (κ1) is 17.4. The van der Waals surface area contributed by atoms with Gasteiger partial charge in [0, 0.05) is 50.8 Å². The molecule has 140 valence electrons. The summed E-state index contributed by atoms with van der Waals surface area (Å²) in [7, 11) is 1.99. The summed E-state index contributed by atoms with van der Waals surface area (Å²) in [6.45, 7) is 2.08. The highest BCUT2D eigenvalue weighted by atomic mass is 16.2. The molecule has 8 heteroatoms. The van der Waals surface area contributed by atoms with Gasteiger partial charge in [0.2, 0.25) is 5.91 Å². The molecule has 0 bridgehead atoms. The normalized spacial score (nSPS) is 17.2. The zero-order valence-electron chi connectivity index (χ0n) is 15.4. The van der Waals surface area contributed by atoms with Crippen molar-refractivity contribution in [1.82, 2.24) is 34.4 Å². The van der Waals surface area contributed by atoms with E-state index in [2.05, 4.69) is 20.3 Å². The molecule has 0 unspecified atom stereocenters. The maximum Gasteiger partial charge on any atom is 0.227 e. The lowest BCUT2D eigenvalue weighted by Crippen LogP contribution is -2.40. The predicted molar refractivity (Wildman–Crippen MR) is 98.8 cm³/mol. The summed E-state index contributed by atoms with van der Waals surface area (Å²) in [5.41, 5.74) is 0.949. The van der Waals surface area contributed by atoms with Gasteiger partial charge >= 0.3 is 0 Å². The van der Waals surface area contributed by atoms with Crippen molar-refractivity contribution in [3.05, 3.63) is 60.2 Å². The average molecular weight is 365 g/mol. The van der Waals surface area contributed by atoms with E-state index in [1.54, 1.807) is 18.6 Å². The zero-order chi connectivity index (χ0) is 18.6. The van der Waals surface area contributed by atoms with E-state index in [1.165, 1.54) is 0 Å². The molecule has 27 heavy (non-hydrogen) atoms. The molecule has 1 atom stereocenters. The van der Waals surface area contributed by atoms with Crippen LogP contribution in [0.3, 0.4) is 0 Å². The van der Waals surface area contributed by atoms with Gasteiger partial charge in [-0.25, -0.2) is 0 Å². The van der Waals surface area contributed by atoms with E-state index in [4.69, 9.17) is 0 Å². The fraction of sp³-hybridized carbons (Fsp3) is 0.421. The number of carbonyl (C=O) groups is 1. The van der Waals surface area contributed by atoms with E-state index < -0.39 is 0 Å². The van der Waals surface area contributed by atoms with Gasteiger partial charge in [0.15, 0.2) is 5.82 Å². The largest absolute Gasteiger partial charge is 0.342 e. The Morgan fingerprint density at radius 1 is 1.26 bits per heavy atom. The third kappa shape index (κ3) is 3.89. The Morgan fingerprint density at radius 3 is 2.96 bits per heavy atom. The van der Waals surface area contributed by atoms with Gasteiger partial charge in [0.1, 0.15) is 12.4 Å². The van der Waals surface area contributed by atoms with Crippen molar-refractivity contribution in [2.24, 2.45) is 7.05 Å². The summed E-state index contributed by atoms with van der Waals surface area (Å²) in [5, 5.41) is 13.0. The molecule has 0 aliphatic carbocycles. The number of aromatic nitrogens is 6. The van der Waals surface area contributed by atoms with Gasteiger partial charge < -0.3 is 9.47 Å². The van der Waals surface area contributed by atoms with Crippen molar-refractivity contribution in [3.63, 3.8) is 0 Å². The molecule has 1 aliphatic heterocycles. The molecule has 4 heterocycles. The van der Waals surface area contributed by atoms with Gasteiger partial charge in [0.25, 0.3) is 0 Å². The first-order valence-electron chi connectivity index (χ1n) is 9.23. The molecule has 1 fully saturated rings. The van der Waals surface area contributed by atoms with Crippen molar-refractivity contribution < 1.29 is 4.79 Å². The van der Waals surface area contributed by atoms with Crippen molar-refractivity contribution >= 4 is 5.91 Å². The van der Waals surface area contributed by atoms with Gasteiger partial charge in [-0.3, -0.25) is 14.5 Å². The van der Waals surface area contributed by atoms with E-state index in [0.717, 1.165) is 36.6 Å². The van der Waals surface area contributed by atoms with Crippen LogP contribution in [0.2, 0.25) is 0 Å². The minimum absolute atomic E-state index is 0.145. The molecule has 1 aliphatic rings. The topological polar surface area (TPSA) is 81.7 Å². The van der Waals surface area contributed by atoms with Crippen LogP contribution in [0.1, 0.15) is 36.0 Å². The van der Waals surface area contributed by atoms with Crippen molar-refractivity contribution in [3.8, 4) is 0 Å². The van der Waals surface area contributed by atoms with Crippen LogP contribution in [-0.2, 0) is 24.8 Å². The average Bonchev–Trinajstić information content (AvgIpc) is 3.33. The number of likely N-dealkylation sites (tertiary alicyclic amines) is 1. The summed E-state index contributed by atoms with van der Waals surface area (Å²) in [6.07, 6.45) is 9.53. The first-order valence-corrected chi connectivity index (χ1v) is 9.23. The van der Waals surface area contributed by atoms with Crippen molar-refractivity contribution in [2.75, 3.05) is 13.1 Å². The van der Waals surface area contributed by atoms with Gasteiger partial charge in [-0.15, -0.1) is 10.2 Å². The lowest BCUT2D eigenvalue weighted by molar-refractivity contribution is -0.131. The summed E-state index contributed by atoms with van der Waals surface area (Å²) in [4.78, 5) is 18.7. The number of nitrogens with zero attached hydrogens (tertiary/aromatic N) is 7. The van der Waals surface area contributed by atoms with E-state index in [0.29, 0.717) is 19.5 Å². The van der Waals surface area contributed by atoms with Crippen LogP contribution in [0.5, 0.6) is 0 Å². The van der Waals surface area contributed by atoms with Gasteiger partial charge in [-0.05, 0) is 30.5 Å². The second-order valence-electron chi connectivity index (χ2n) is 6.95. The van der Waals surface area contributed by atoms with E-state index in [1.807, 2.05) is 45.6 Å². The highest BCUT2D eigenvalue weighted by molar-refractivity contribution is 5.78. The molecular weight excluding hydrogens is 342 g/mol. The van der Waals surface area contributed by atoms with Crippen LogP contribution < -0.4 is 0 Å². The van der Waals surface area contributed by atoms with Crippen LogP contribution in [0, 0.1) is 0 Å². The lowest BCUT2D eigenvalue weighted by atomic mass is 9.96. The summed E-state index contributed by atoms with van der Waals surface area (Å²) in [5.74, 6) is 2.16. The summed E-state index contributed by atoms with van der Waals surface area (Å²) >= 11 is 0. The molecule has 0 radical (unpaired) electrons. The fourth-order valence-corrected chi connectivity index (χ4v) is 3.61. The molecule has 3 aromatic heterocycles. The Kier molecular flexibility index (Phi) is 4.95. The Balaban J connectivity index is 1.44. The quantitative estimate of drug-likeness (QED) is 0.683. The van der Waals surface area contributed by atoms with Crippen LogP contribution >= 0.6 is 0 Å². The Labute approximate surface area is 157 Å². The van der Waals surface area contributed by atoms with E-state index in [9.17, 15) is 4.79 Å². The molecular formula is C19H23N7O. The number of piperidine rings is 1. The molecule has 0 aromatic carbocycles. The maximum absolute atomic E-state index is 12.7.